The molecular weight excluding hydrogens is 493 g/mol. The molecule has 1 heterocycles. The number of carbonyl (C=O) groups is 2. The number of anilines is 2. The Labute approximate surface area is 212 Å². The van der Waals surface area contributed by atoms with Crippen LogP contribution >= 0.6 is 11.6 Å². The highest BCUT2D eigenvalue weighted by molar-refractivity contribution is 6.31. The van der Waals surface area contributed by atoms with E-state index < -0.39 is 22.8 Å². The number of hydrogen-bond donors (Lipinski definition) is 0. The minimum absolute atomic E-state index is 0.0682. The molecule has 6 nitrogen and oxygen atoms in total. The van der Waals surface area contributed by atoms with Crippen molar-refractivity contribution in [2.75, 3.05) is 38.0 Å². The molecule has 0 fully saturated rings. The highest BCUT2D eigenvalue weighted by Crippen LogP contribution is 2.37. The second-order valence-corrected chi connectivity index (χ2v) is 9.02. The molecular formula is C26H26ClF3N4O2. The van der Waals surface area contributed by atoms with Crippen molar-refractivity contribution in [3.05, 3.63) is 87.7 Å². The lowest BCUT2D eigenvalue weighted by Crippen LogP contribution is -2.39. The number of carbonyl (C=O) groups excluding carboxylic acids is 2. The van der Waals surface area contributed by atoms with Gasteiger partial charge in [-0.05, 0) is 66.4 Å². The van der Waals surface area contributed by atoms with Gasteiger partial charge in [0.05, 0.1) is 10.6 Å². The molecule has 10 heteroatoms. The average molecular weight is 519 g/mol. The molecule has 0 unspecified atom stereocenters. The van der Waals surface area contributed by atoms with Crippen LogP contribution in [0.2, 0.25) is 5.02 Å². The number of amides is 3. The van der Waals surface area contributed by atoms with Crippen molar-refractivity contribution in [3.63, 3.8) is 0 Å². The fourth-order valence-corrected chi connectivity index (χ4v) is 3.97. The Morgan fingerprint density at radius 3 is 2.19 bits per heavy atom. The second kappa shape index (κ2) is 10.6. The maximum atomic E-state index is 13.2. The quantitative estimate of drug-likeness (QED) is 0.413. The number of aromatic nitrogens is 1. The van der Waals surface area contributed by atoms with Crippen LogP contribution in [0.5, 0.6) is 0 Å². The SMILES string of the molecule is Cc1cc(Cc2ccnc(C(=O)N(C)C)c2)ccc1N(C)C(=O)N(C)c1ccc(Cl)c(C(F)(F)F)c1. The van der Waals surface area contributed by atoms with Crippen molar-refractivity contribution in [2.45, 2.75) is 19.5 Å². The van der Waals surface area contributed by atoms with Crippen molar-refractivity contribution in [3.8, 4) is 0 Å². The summed E-state index contributed by atoms with van der Waals surface area (Å²) in [5, 5.41) is -0.431. The van der Waals surface area contributed by atoms with Crippen LogP contribution in [0.1, 0.15) is 32.7 Å². The third-order valence-electron chi connectivity index (χ3n) is 5.70. The molecule has 0 atom stereocenters. The van der Waals surface area contributed by atoms with E-state index in [-0.39, 0.29) is 11.6 Å². The van der Waals surface area contributed by atoms with E-state index in [1.165, 1.54) is 22.9 Å². The largest absolute Gasteiger partial charge is 0.417 e. The summed E-state index contributed by atoms with van der Waals surface area (Å²) in [6.07, 6.45) is -2.49. The second-order valence-electron chi connectivity index (χ2n) is 8.61. The summed E-state index contributed by atoms with van der Waals surface area (Å²) in [6.45, 7) is 1.85. The van der Waals surface area contributed by atoms with Gasteiger partial charge in [0.1, 0.15) is 5.69 Å². The topological polar surface area (TPSA) is 56.8 Å². The van der Waals surface area contributed by atoms with Gasteiger partial charge in [0.15, 0.2) is 0 Å². The Morgan fingerprint density at radius 2 is 1.58 bits per heavy atom. The lowest BCUT2D eigenvalue weighted by atomic mass is 10.0. The van der Waals surface area contributed by atoms with E-state index in [9.17, 15) is 22.8 Å². The van der Waals surface area contributed by atoms with E-state index in [0.29, 0.717) is 17.8 Å². The standard InChI is InChI=1S/C26H26ClF3N4O2/c1-16-12-17(13-18-10-11-31-22(14-18)24(35)32(2)3)6-9-23(16)34(5)25(36)33(4)19-7-8-21(27)20(15-19)26(28,29)30/h6-12,14-15H,13H2,1-5H3. The molecule has 0 saturated carbocycles. The van der Waals surface area contributed by atoms with Crippen molar-refractivity contribution in [1.82, 2.24) is 9.88 Å². The van der Waals surface area contributed by atoms with E-state index in [1.807, 2.05) is 25.1 Å². The number of pyridine rings is 1. The Bertz CT molecular complexity index is 1290. The van der Waals surface area contributed by atoms with Crippen LogP contribution < -0.4 is 9.80 Å². The number of hydrogen-bond acceptors (Lipinski definition) is 3. The van der Waals surface area contributed by atoms with Gasteiger partial charge in [-0.15, -0.1) is 0 Å². The summed E-state index contributed by atoms with van der Waals surface area (Å²) in [5.41, 5.74) is 2.72. The minimum atomic E-state index is -4.63. The minimum Gasteiger partial charge on any atom is -0.343 e. The van der Waals surface area contributed by atoms with Crippen molar-refractivity contribution >= 4 is 34.9 Å². The number of benzene rings is 2. The predicted octanol–water partition coefficient (Wildman–Crippen LogP) is 6.05. The van der Waals surface area contributed by atoms with Crippen molar-refractivity contribution in [2.24, 2.45) is 0 Å². The maximum absolute atomic E-state index is 13.2. The Balaban J connectivity index is 1.79. The Hall–Kier alpha value is -3.59. The number of urea groups is 1. The first-order valence-corrected chi connectivity index (χ1v) is 11.3. The molecule has 0 aliphatic heterocycles. The molecule has 1 aromatic heterocycles. The number of halogens is 4. The van der Waals surface area contributed by atoms with Crippen LogP contribution in [0.15, 0.2) is 54.7 Å². The molecule has 0 spiro atoms. The van der Waals surface area contributed by atoms with Gasteiger partial charge in [-0.25, -0.2) is 4.79 Å². The lowest BCUT2D eigenvalue weighted by molar-refractivity contribution is -0.137. The van der Waals surface area contributed by atoms with Crippen LogP contribution in [0.4, 0.5) is 29.3 Å². The summed E-state index contributed by atoms with van der Waals surface area (Å²) >= 11 is 5.70. The van der Waals surface area contributed by atoms with Crippen molar-refractivity contribution in [1.29, 1.82) is 0 Å². The molecule has 0 aliphatic rings. The van der Waals surface area contributed by atoms with Gasteiger partial charge >= 0.3 is 12.2 Å². The van der Waals surface area contributed by atoms with Crippen LogP contribution in [0, 0.1) is 6.92 Å². The molecule has 3 rings (SSSR count). The molecule has 2 aromatic carbocycles. The maximum Gasteiger partial charge on any atom is 0.417 e. The van der Waals surface area contributed by atoms with Crippen LogP contribution in [-0.4, -0.2) is 50.0 Å². The molecule has 36 heavy (non-hydrogen) atoms. The summed E-state index contributed by atoms with van der Waals surface area (Å²) in [5.74, 6) is -0.185. The molecule has 0 N–H and O–H groups in total. The van der Waals surface area contributed by atoms with Crippen LogP contribution in [-0.2, 0) is 12.6 Å². The zero-order chi connectivity index (χ0) is 26.8. The van der Waals surface area contributed by atoms with E-state index in [4.69, 9.17) is 11.6 Å². The molecule has 3 amide bonds. The first-order chi connectivity index (χ1) is 16.8. The Morgan fingerprint density at radius 1 is 0.917 bits per heavy atom. The van der Waals surface area contributed by atoms with Gasteiger partial charge in [0, 0.05) is 45.8 Å². The van der Waals surface area contributed by atoms with Crippen LogP contribution in [0.25, 0.3) is 0 Å². The number of alkyl halides is 3. The lowest BCUT2D eigenvalue weighted by Gasteiger charge is -2.27. The van der Waals surface area contributed by atoms with Gasteiger partial charge < -0.3 is 4.90 Å². The first-order valence-electron chi connectivity index (χ1n) is 10.9. The molecule has 3 aromatic rings. The van der Waals surface area contributed by atoms with Crippen molar-refractivity contribution < 1.29 is 22.8 Å². The zero-order valence-corrected chi connectivity index (χ0v) is 21.3. The predicted molar refractivity (Wildman–Crippen MR) is 135 cm³/mol. The summed E-state index contributed by atoms with van der Waals surface area (Å²) in [6, 6.07) is 12.0. The fraction of sp³-hybridized carbons (Fsp3) is 0.269. The van der Waals surface area contributed by atoms with Gasteiger partial charge in [-0.1, -0.05) is 23.7 Å². The smallest absolute Gasteiger partial charge is 0.343 e. The highest BCUT2D eigenvalue weighted by atomic mass is 35.5. The summed E-state index contributed by atoms with van der Waals surface area (Å²) < 4.78 is 39.7. The molecule has 0 bridgehead atoms. The van der Waals surface area contributed by atoms with E-state index in [1.54, 1.807) is 39.5 Å². The summed E-state index contributed by atoms with van der Waals surface area (Å²) in [7, 11) is 6.29. The number of nitrogens with zero attached hydrogens (tertiary/aromatic N) is 4. The molecule has 0 aliphatic carbocycles. The molecule has 0 radical (unpaired) electrons. The van der Waals surface area contributed by atoms with Gasteiger partial charge in [-0.3, -0.25) is 19.6 Å². The highest BCUT2D eigenvalue weighted by Gasteiger charge is 2.34. The van der Waals surface area contributed by atoms with Gasteiger partial charge in [-0.2, -0.15) is 13.2 Å². The Kier molecular flexibility index (Phi) is 7.93. The monoisotopic (exact) mass is 518 g/mol. The van der Waals surface area contributed by atoms with Crippen LogP contribution in [0.3, 0.4) is 0 Å². The molecule has 0 saturated heterocycles. The third-order valence-corrected chi connectivity index (χ3v) is 6.03. The number of rotatable bonds is 5. The average Bonchev–Trinajstić information content (AvgIpc) is 2.82. The van der Waals surface area contributed by atoms with E-state index >= 15 is 0 Å². The van der Waals surface area contributed by atoms with E-state index in [2.05, 4.69) is 4.98 Å². The first kappa shape index (κ1) is 27.0. The van der Waals surface area contributed by atoms with E-state index in [0.717, 1.165) is 33.7 Å². The zero-order valence-electron chi connectivity index (χ0n) is 20.5. The molecule has 190 valence electrons. The third kappa shape index (κ3) is 5.96. The summed E-state index contributed by atoms with van der Waals surface area (Å²) in [4.78, 5) is 33.4. The normalized spacial score (nSPS) is 11.2. The van der Waals surface area contributed by atoms with Gasteiger partial charge in [0.2, 0.25) is 0 Å². The fourth-order valence-electron chi connectivity index (χ4n) is 3.75. The van der Waals surface area contributed by atoms with Gasteiger partial charge in [0.25, 0.3) is 5.91 Å². The number of aryl methyl sites for hydroxylation is 1.